The van der Waals surface area contributed by atoms with Crippen molar-refractivity contribution in [1.29, 1.82) is 0 Å². The first-order chi connectivity index (χ1) is 9.85. The highest BCUT2D eigenvalue weighted by molar-refractivity contribution is 7.88. The minimum absolute atomic E-state index is 0.00258. The number of nitrogens with one attached hydrogen (secondary N) is 1. The number of hydrogen-bond donors (Lipinski definition) is 2. The van der Waals surface area contributed by atoms with Gasteiger partial charge < -0.3 is 5.32 Å². The Balaban J connectivity index is 2.08. The molecule has 0 fully saturated rings. The molecular formula is C14H18N4O2S. The van der Waals surface area contributed by atoms with Gasteiger partial charge in [-0.1, -0.05) is 12.1 Å². The maximum Gasteiger partial charge on any atom is 0.213 e. The third-order valence-corrected chi connectivity index (χ3v) is 3.77. The van der Waals surface area contributed by atoms with E-state index < -0.39 is 10.0 Å². The summed E-state index contributed by atoms with van der Waals surface area (Å²) in [6.07, 6.45) is 3.32. The normalized spacial score (nSPS) is 12.9. The standard InChI is InChI=1S/C14H18N4O2S/c1-10-14(17-8-7-16-10)11(2)18-13-5-3-12(4-6-13)9-21(15,19)20/h3-8,11,18H,9H2,1-2H3,(H2,15,19,20). The van der Waals surface area contributed by atoms with Crippen LogP contribution in [0.3, 0.4) is 0 Å². The van der Waals surface area contributed by atoms with Gasteiger partial charge in [-0.25, -0.2) is 13.6 Å². The molecule has 2 aromatic rings. The van der Waals surface area contributed by atoms with Crippen molar-refractivity contribution in [2.24, 2.45) is 5.14 Å². The van der Waals surface area contributed by atoms with Crippen molar-refractivity contribution in [1.82, 2.24) is 9.97 Å². The van der Waals surface area contributed by atoms with Crippen LogP contribution in [-0.4, -0.2) is 18.4 Å². The van der Waals surface area contributed by atoms with E-state index in [2.05, 4.69) is 15.3 Å². The number of aromatic nitrogens is 2. The Bertz CT molecular complexity index is 714. The zero-order valence-corrected chi connectivity index (χ0v) is 12.8. The van der Waals surface area contributed by atoms with Crippen molar-refractivity contribution < 1.29 is 8.42 Å². The monoisotopic (exact) mass is 306 g/mol. The molecule has 1 aromatic carbocycles. The van der Waals surface area contributed by atoms with Gasteiger partial charge in [0.2, 0.25) is 10.0 Å². The SMILES string of the molecule is Cc1nccnc1C(C)Nc1ccc(CS(N)(=O)=O)cc1. The van der Waals surface area contributed by atoms with Crippen molar-refractivity contribution in [3.05, 3.63) is 53.6 Å². The lowest BCUT2D eigenvalue weighted by atomic mass is 10.1. The van der Waals surface area contributed by atoms with Gasteiger partial charge in [-0.05, 0) is 31.5 Å². The lowest BCUT2D eigenvalue weighted by Gasteiger charge is -2.16. The van der Waals surface area contributed by atoms with Gasteiger partial charge in [-0.2, -0.15) is 0 Å². The Kier molecular flexibility index (Phi) is 4.54. The highest BCUT2D eigenvalue weighted by Gasteiger charge is 2.10. The Morgan fingerprint density at radius 3 is 2.38 bits per heavy atom. The van der Waals surface area contributed by atoms with Crippen LogP contribution in [0, 0.1) is 6.92 Å². The summed E-state index contributed by atoms with van der Waals surface area (Å²) in [6, 6.07) is 7.13. The van der Waals surface area contributed by atoms with Crippen LogP contribution in [0.25, 0.3) is 0 Å². The lowest BCUT2D eigenvalue weighted by Crippen LogP contribution is -2.14. The smallest absolute Gasteiger partial charge is 0.213 e. The summed E-state index contributed by atoms with van der Waals surface area (Å²) in [5.74, 6) is -0.161. The fraction of sp³-hybridized carbons (Fsp3) is 0.286. The molecule has 0 saturated carbocycles. The van der Waals surface area contributed by atoms with Crippen molar-refractivity contribution >= 4 is 15.7 Å². The van der Waals surface area contributed by atoms with E-state index in [9.17, 15) is 8.42 Å². The first-order valence-corrected chi connectivity index (χ1v) is 8.20. The van der Waals surface area contributed by atoms with Crippen LogP contribution in [0.5, 0.6) is 0 Å². The predicted molar refractivity (Wildman–Crippen MR) is 82.1 cm³/mol. The summed E-state index contributed by atoms with van der Waals surface area (Å²) in [5, 5.41) is 8.33. The molecule has 0 spiro atoms. The van der Waals surface area contributed by atoms with Gasteiger partial charge in [0.15, 0.2) is 0 Å². The largest absolute Gasteiger partial charge is 0.377 e. The molecule has 1 heterocycles. The molecule has 2 rings (SSSR count). The maximum absolute atomic E-state index is 11.0. The zero-order valence-electron chi connectivity index (χ0n) is 11.9. The Morgan fingerprint density at radius 1 is 1.19 bits per heavy atom. The Hall–Kier alpha value is -1.99. The van der Waals surface area contributed by atoms with Gasteiger partial charge in [0.25, 0.3) is 0 Å². The molecule has 0 bridgehead atoms. The second-order valence-electron chi connectivity index (χ2n) is 4.90. The van der Waals surface area contributed by atoms with Gasteiger partial charge in [0.1, 0.15) is 0 Å². The fourth-order valence-corrected chi connectivity index (χ4v) is 2.75. The molecule has 0 saturated heterocycles. The summed E-state index contributed by atoms with van der Waals surface area (Å²) >= 11 is 0. The van der Waals surface area contributed by atoms with Crippen molar-refractivity contribution in [2.75, 3.05) is 5.32 Å². The molecule has 3 N–H and O–H groups in total. The van der Waals surface area contributed by atoms with Gasteiger partial charge in [-0.15, -0.1) is 0 Å². The molecular weight excluding hydrogens is 288 g/mol. The van der Waals surface area contributed by atoms with E-state index in [1.165, 1.54) is 0 Å². The number of hydrogen-bond acceptors (Lipinski definition) is 5. The quantitative estimate of drug-likeness (QED) is 0.877. The van der Waals surface area contributed by atoms with Crippen LogP contribution in [0.1, 0.15) is 29.9 Å². The third kappa shape index (κ3) is 4.51. The summed E-state index contributed by atoms with van der Waals surface area (Å²) in [6.45, 7) is 3.91. The molecule has 112 valence electrons. The van der Waals surface area contributed by atoms with Crippen LogP contribution < -0.4 is 10.5 Å². The molecule has 0 radical (unpaired) electrons. The molecule has 1 unspecified atom stereocenters. The lowest BCUT2D eigenvalue weighted by molar-refractivity contribution is 0.597. The topological polar surface area (TPSA) is 98.0 Å². The van der Waals surface area contributed by atoms with Gasteiger partial charge in [-0.3, -0.25) is 9.97 Å². The molecule has 0 aliphatic rings. The average molecular weight is 306 g/mol. The van der Waals surface area contributed by atoms with Crippen LogP contribution in [-0.2, 0) is 15.8 Å². The van der Waals surface area contributed by atoms with E-state index in [4.69, 9.17) is 5.14 Å². The van der Waals surface area contributed by atoms with E-state index in [-0.39, 0.29) is 11.8 Å². The highest BCUT2D eigenvalue weighted by atomic mass is 32.2. The zero-order chi connectivity index (χ0) is 15.5. The molecule has 0 amide bonds. The van der Waals surface area contributed by atoms with Gasteiger partial charge >= 0.3 is 0 Å². The minimum Gasteiger partial charge on any atom is -0.377 e. The van der Waals surface area contributed by atoms with Crippen molar-refractivity contribution in [3.63, 3.8) is 0 Å². The number of nitrogens with two attached hydrogens (primary N) is 1. The predicted octanol–water partition coefficient (Wildman–Crippen LogP) is 1.75. The van der Waals surface area contributed by atoms with E-state index >= 15 is 0 Å². The van der Waals surface area contributed by atoms with Crippen LogP contribution >= 0.6 is 0 Å². The maximum atomic E-state index is 11.0. The molecule has 1 atom stereocenters. The fourth-order valence-electron chi connectivity index (χ4n) is 2.09. The third-order valence-electron chi connectivity index (χ3n) is 3.03. The summed E-state index contributed by atoms with van der Waals surface area (Å²) in [4.78, 5) is 8.53. The van der Waals surface area contributed by atoms with Gasteiger partial charge in [0, 0.05) is 18.1 Å². The number of primary sulfonamides is 1. The van der Waals surface area contributed by atoms with E-state index in [0.717, 1.165) is 17.1 Å². The van der Waals surface area contributed by atoms with E-state index in [1.807, 2.05) is 26.0 Å². The summed E-state index contributed by atoms with van der Waals surface area (Å²) in [7, 11) is -3.50. The van der Waals surface area contributed by atoms with Crippen LogP contribution in [0.2, 0.25) is 0 Å². The first kappa shape index (κ1) is 15.4. The van der Waals surface area contributed by atoms with Gasteiger partial charge in [0.05, 0.1) is 23.2 Å². The van der Waals surface area contributed by atoms with Crippen molar-refractivity contribution in [2.45, 2.75) is 25.6 Å². The average Bonchev–Trinajstić information content (AvgIpc) is 2.40. The van der Waals surface area contributed by atoms with Crippen LogP contribution in [0.15, 0.2) is 36.7 Å². The molecule has 7 heteroatoms. The minimum atomic E-state index is -3.50. The summed E-state index contributed by atoms with van der Waals surface area (Å²) < 4.78 is 22.1. The highest BCUT2D eigenvalue weighted by Crippen LogP contribution is 2.19. The number of rotatable bonds is 5. The Morgan fingerprint density at radius 2 is 1.81 bits per heavy atom. The summed E-state index contributed by atoms with van der Waals surface area (Å²) in [5.41, 5.74) is 3.30. The first-order valence-electron chi connectivity index (χ1n) is 6.48. The molecule has 0 aliphatic heterocycles. The number of sulfonamides is 1. The Labute approximate surface area is 124 Å². The number of anilines is 1. The van der Waals surface area contributed by atoms with E-state index in [0.29, 0.717) is 5.56 Å². The van der Waals surface area contributed by atoms with Crippen molar-refractivity contribution in [3.8, 4) is 0 Å². The second-order valence-corrected chi connectivity index (χ2v) is 6.51. The second kappa shape index (κ2) is 6.19. The molecule has 0 aliphatic carbocycles. The number of benzene rings is 1. The number of nitrogens with zero attached hydrogens (tertiary/aromatic N) is 2. The van der Waals surface area contributed by atoms with E-state index in [1.54, 1.807) is 24.5 Å². The number of aryl methyl sites for hydroxylation is 1. The molecule has 6 nitrogen and oxygen atoms in total. The molecule has 1 aromatic heterocycles. The van der Waals surface area contributed by atoms with Crippen LogP contribution in [0.4, 0.5) is 5.69 Å². The molecule has 21 heavy (non-hydrogen) atoms.